The average molecular weight is 608 g/mol. The Balaban J connectivity index is 1.64. The average Bonchev–Trinajstić information content (AvgIpc) is 3.27. The number of hydrogen-bond acceptors (Lipinski definition) is 6. The molecular formula is C26H22Cl2F3N7O3. The molecule has 0 unspecified atom stereocenters. The van der Waals surface area contributed by atoms with Crippen LogP contribution in [-0.4, -0.2) is 61.4 Å². The lowest BCUT2D eigenvalue weighted by atomic mass is 10.2. The molecule has 0 fully saturated rings. The highest BCUT2D eigenvalue weighted by Gasteiger charge is 2.41. The van der Waals surface area contributed by atoms with Gasteiger partial charge in [0.15, 0.2) is 6.10 Å². The molecule has 0 aliphatic heterocycles. The molecule has 1 atom stereocenters. The van der Waals surface area contributed by atoms with E-state index in [0.29, 0.717) is 31.4 Å². The summed E-state index contributed by atoms with van der Waals surface area (Å²) in [5, 5.41) is 26.2. The molecule has 0 aliphatic carbocycles. The van der Waals surface area contributed by atoms with Gasteiger partial charge < -0.3 is 16.2 Å². The Hall–Kier alpha value is -4.20. The number of primary amides is 1. The SMILES string of the molecule is N=C(c1ccc(Cl)cc1)N(C[C@H](O)C(F)(F)F)C(=O)NCc1nn(Cc2ccccc2Cl)c2cc(C(N)=O)ncc12. The first kappa shape index (κ1) is 29.8. The van der Waals surface area contributed by atoms with Crippen molar-refractivity contribution >= 4 is 51.9 Å². The van der Waals surface area contributed by atoms with Gasteiger partial charge in [0.25, 0.3) is 5.91 Å². The summed E-state index contributed by atoms with van der Waals surface area (Å²) in [6.07, 6.45) is -6.60. The number of hydrogen-bond donors (Lipinski definition) is 4. The highest BCUT2D eigenvalue weighted by molar-refractivity contribution is 6.31. The van der Waals surface area contributed by atoms with Gasteiger partial charge >= 0.3 is 12.2 Å². The van der Waals surface area contributed by atoms with Crippen LogP contribution >= 0.6 is 23.2 Å². The van der Waals surface area contributed by atoms with Crippen molar-refractivity contribution in [3.8, 4) is 0 Å². The monoisotopic (exact) mass is 607 g/mol. The maximum absolute atomic E-state index is 13.2. The number of fused-ring (bicyclic) bond motifs is 1. The number of pyridine rings is 1. The third-order valence-corrected chi connectivity index (χ3v) is 6.64. The van der Waals surface area contributed by atoms with Crippen molar-refractivity contribution in [3.05, 3.63) is 93.4 Å². The summed E-state index contributed by atoms with van der Waals surface area (Å²) in [7, 11) is 0. The molecule has 15 heteroatoms. The molecule has 0 spiro atoms. The number of carbonyl (C=O) groups excluding carboxylic acids is 2. The second-order valence-corrected chi connectivity index (χ2v) is 9.67. The van der Waals surface area contributed by atoms with Gasteiger partial charge in [-0.25, -0.2) is 4.79 Å². The van der Waals surface area contributed by atoms with Crippen LogP contribution in [0.3, 0.4) is 0 Å². The Kier molecular flexibility index (Phi) is 8.80. The molecule has 2 heterocycles. The molecule has 0 saturated carbocycles. The van der Waals surface area contributed by atoms with Crippen molar-refractivity contribution in [2.24, 2.45) is 5.73 Å². The number of nitrogens with two attached hydrogens (primary N) is 1. The summed E-state index contributed by atoms with van der Waals surface area (Å²) < 4.78 is 41.0. The van der Waals surface area contributed by atoms with E-state index in [2.05, 4.69) is 15.4 Å². The molecule has 2 aromatic carbocycles. The maximum Gasteiger partial charge on any atom is 0.416 e. The van der Waals surface area contributed by atoms with Crippen molar-refractivity contribution in [2.45, 2.75) is 25.4 Å². The van der Waals surface area contributed by atoms with Crippen molar-refractivity contribution in [2.75, 3.05) is 6.54 Å². The van der Waals surface area contributed by atoms with Gasteiger partial charge in [-0.2, -0.15) is 18.3 Å². The van der Waals surface area contributed by atoms with Crippen molar-refractivity contribution in [1.29, 1.82) is 5.41 Å². The second kappa shape index (κ2) is 12.1. The van der Waals surface area contributed by atoms with E-state index in [1.165, 1.54) is 41.2 Å². The van der Waals surface area contributed by atoms with Crippen LogP contribution in [0, 0.1) is 5.41 Å². The van der Waals surface area contributed by atoms with Gasteiger partial charge in [0, 0.05) is 27.2 Å². The molecule has 214 valence electrons. The minimum atomic E-state index is -5.03. The molecule has 4 rings (SSSR count). The number of carbonyl (C=O) groups is 2. The molecule has 0 radical (unpaired) electrons. The summed E-state index contributed by atoms with van der Waals surface area (Å²) in [6.45, 7) is -1.35. The van der Waals surface area contributed by atoms with Crippen LogP contribution in [-0.2, 0) is 13.1 Å². The fourth-order valence-corrected chi connectivity index (χ4v) is 4.20. The lowest BCUT2D eigenvalue weighted by Crippen LogP contribution is -2.50. The molecule has 2 aromatic heterocycles. The summed E-state index contributed by atoms with van der Waals surface area (Å²) in [6, 6.07) is 12.9. The van der Waals surface area contributed by atoms with E-state index >= 15 is 0 Å². The highest BCUT2D eigenvalue weighted by Crippen LogP contribution is 2.24. The number of amidine groups is 1. The normalized spacial score (nSPS) is 12.2. The zero-order valence-corrected chi connectivity index (χ0v) is 22.5. The predicted octanol–water partition coefficient (Wildman–Crippen LogP) is 4.35. The van der Waals surface area contributed by atoms with Crippen LogP contribution in [0.15, 0.2) is 60.8 Å². The summed E-state index contributed by atoms with van der Waals surface area (Å²) in [5.41, 5.74) is 6.85. The summed E-state index contributed by atoms with van der Waals surface area (Å²) >= 11 is 12.2. The number of amides is 3. The van der Waals surface area contributed by atoms with E-state index in [0.717, 1.165) is 0 Å². The molecule has 0 bridgehead atoms. The highest BCUT2D eigenvalue weighted by atomic mass is 35.5. The van der Waals surface area contributed by atoms with Crippen LogP contribution in [0.5, 0.6) is 0 Å². The third-order valence-electron chi connectivity index (χ3n) is 6.02. The Morgan fingerprint density at radius 3 is 2.46 bits per heavy atom. The van der Waals surface area contributed by atoms with Crippen LogP contribution in [0.2, 0.25) is 10.0 Å². The Morgan fingerprint density at radius 2 is 1.83 bits per heavy atom. The largest absolute Gasteiger partial charge is 0.416 e. The molecule has 10 nitrogen and oxygen atoms in total. The number of benzene rings is 2. The number of aromatic nitrogens is 3. The zero-order valence-electron chi connectivity index (χ0n) is 21.0. The number of nitrogens with one attached hydrogen (secondary N) is 2. The molecule has 0 saturated heterocycles. The minimum Gasteiger partial charge on any atom is -0.382 e. The van der Waals surface area contributed by atoms with Crippen molar-refractivity contribution < 1.29 is 27.9 Å². The second-order valence-electron chi connectivity index (χ2n) is 8.83. The summed E-state index contributed by atoms with van der Waals surface area (Å²) in [4.78, 5) is 29.4. The van der Waals surface area contributed by atoms with Crippen LogP contribution < -0.4 is 11.1 Å². The van der Waals surface area contributed by atoms with Gasteiger partial charge in [0.2, 0.25) is 0 Å². The predicted molar refractivity (Wildman–Crippen MR) is 146 cm³/mol. The van der Waals surface area contributed by atoms with Gasteiger partial charge in [-0.15, -0.1) is 0 Å². The number of alkyl halides is 3. The molecule has 3 amide bonds. The van der Waals surface area contributed by atoms with Crippen LogP contribution in [0.1, 0.15) is 27.3 Å². The Morgan fingerprint density at radius 1 is 1.15 bits per heavy atom. The van der Waals surface area contributed by atoms with E-state index in [9.17, 15) is 27.9 Å². The lowest BCUT2D eigenvalue weighted by Gasteiger charge is -2.27. The molecular weight excluding hydrogens is 586 g/mol. The molecule has 4 aromatic rings. The van der Waals surface area contributed by atoms with Gasteiger partial charge in [-0.05, 0) is 42.0 Å². The first-order chi connectivity index (χ1) is 19.3. The van der Waals surface area contributed by atoms with E-state index in [-0.39, 0.29) is 30.0 Å². The van der Waals surface area contributed by atoms with Crippen LogP contribution in [0.25, 0.3) is 10.9 Å². The minimum absolute atomic E-state index is 0.0304. The van der Waals surface area contributed by atoms with Gasteiger partial charge in [-0.1, -0.05) is 41.4 Å². The standard InChI is InChI=1S/C26H22Cl2F3N7O3/c27-16-7-5-14(6-8-16)23(32)37(13-22(39)26(29,30)31)25(41)35-11-20-17-10-34-19(24(33)40)9-21(17)38(36-20)12-15-3-1-2-4-18(15)28/h1-10,22,32,39H,11-13H2,(H2,33,40)(H,35,41)/t22-/m0/s1. The topological polar surface area (TPSA) is 150 Å². The van der Waals surface area contributed by atoms with Gasteiger partial charge in [0.05, 0.1) is 30.8 Å². The van der Waals surface area contributed by atoms with Crippen molar-refractivity contribution in [3.63, 3.8) is 0 Å². The van der Waals surface area contributed by atoms with Gasteiger partial charge in [0.1, 0.15) is 11.5 Å². The number of aliphatic hydroxyl groups excluding tert-OH is 1. The van der Waals surface area contributed by atoms with E-state index < -0.39 is 36.6 Å². The zero-order chi connectivity index (χ0) is 29.9. The molecule has 41 heavy (non-hydrogen) atoms. The van der Waals surface area contributed by atoms with Crippen LogP contribution in [0.4, 0.5) is 18.0 Å². The van der Waals surface area contributed by atoms with E-state index in [4.69, 9.17) is 34.3 Å². The first-order valence-corrected chi connectivity index (χ1v) is 12.6. The number of halogens is 5. The first-order valence-electron chi connectivity index (χ1n) is 11.9. The summed E-state index contributed by atoms with van der Waals surface area (Å²) in [5.74, 6) is -1.36. The molecule has 5 N–H and O–H groups in total. The number of urea groups is 1. The van der Waals surface area contributed by atoms with E-state index in [1.807, 2.05) is 0 Å². The fraction of sp³-hybridized carbons (Fsp3) is 0.192. The quantitative estimate of drug-likeness (QED) is 0.173. The number of rotatable bonds is 8. The maximum atomic E-state index is 13.2. The fourth-order valence-electron chi connectivity index (χ4n) is 3.88. The number of aliphatic hydroxyl groups is 1. The third kappa shape index (κ3) is 6.93. The molecule has 0 aliphatic rings. The Labute approximate surface area is 241 Å². The smallest absolute Gasteiger partial charge is 0.382 e. The Bertz CT molecular complexity index is 1610. The number of nitrogens with zero attached hydrogens (tertiary/aromatic N) is 4. The van der Waals surface area contributed by atoms with Crippen molar-refractivity contribution in [1.82, 2.24) is 25.0 Å². The lowest BCUT2D eigenvalue weighted by molar-refractivity contribution is -0.204. The van der Waals surface area contributed by atoms with E-state index in [1.54, 1.807) is 24.3 Å². The van der Waals surface area contributed by atoms with Gasteiger partial charge in [-0.3, -0.25) is 24.8 Å².